The molecule has 0 aliphatic heterocycles. The van der Waals surface area contributed by atoms with Gasteiger partial charge in [0, 0.05) is 23.6 Å². The van der Waals surface area contributed by atoms with E-state index >= 15 is 0 Å². The number of methoxy groups -OCH3 is 4. The van der Waals surface area contributed by atoms with E-state index in [2.05, 4.69) is 0 Å². The lowest BCUT2D eigenvalue weighted by molar-refractivity contribution is -2.00. The predicted molar refractivity (Wildman–Crippen MR) is 128 cm³/mol. The lowest BCUT2D eigenvalue weighted by Gasteiger charge is -2.17. The fraction of sp³-hybridized carbons (Fsp3) is 0.148. The molecular formula is C27H25ClO9. The molecule has 0 saturated carbocycles. The molecule has 0 radical (unpaired) electrons. The van der Waals surface area contributed by atoms with Gasteiger partial charge in [0.2, 0.25) is 0 Å². The molecule has 9 nitrogen and oxygen atoms in total. The summed E-state index contributed by atoms with van der Waals surface area (Å²) < 4.78 is 62.2. The molecule has 194 valence electrons. The third-order valence-electron chi connectivity index (χ3n) is 5.22. The molecule has 0 bridgehead atoms. The van der Waals surface area contributed by atoms with Crippen molar-refractivity contribution < 1.29 is 52.2 Å². The monoisotopic (exact) mass is 528 g/mol. The first-order valence-electron chi connectivity index (χ1n) is 10.8. The van der Waals surface area contributed by atoms with Crippen LogP contribution in [-0.4, -0.2) is 28.4 Å². The summed E-state index contributed by atoms with van der Waals surface area (Å²) in [6, 6.07) is 21.7. The van der Waals surface area contributed by atoms with Crippen LogP contribution in [0.3, 0.4) is 0 Å². The molecule has 0 amide bonds. The van der Waals surface area contributed by atoms with Gasteiger partial charge in [-0.25, -0.2) is 23.1 Å². The van der Waals surface area contributed by atoms with E-state index in [1.165, 1.54) is 0 Å². The van der Waals surface area contributed by atoms with Gasteiger partial charge in [0.05, 0.1) is 45.5 Å². The summed E-state index contributed by atoms with van der Waals surface area (Å²) in [5.41, 5.74) is 1.95. The van der Waals surface area contributed by atoms with Gasteiger partial charge < -0.3 is 18.9 Å². The Kier molecular flexibility index (Phi) is 9.29. The van der Waals surface area contributed by atoms with E-state index < -0.39 is 10.2 Å². The van der Waals surface area contributed by atoms with Gasteiger partial charge in [-0.05, 0) is 29.8 Å². The maximum atomic E-state index is 8.49. The van der Waals surface area contributed by atoms with Crippen LogP contribution in [0.25, 0.3) is 34.2 Å². The van der Waals surface area contributed by atoms with Crippen LogP contribution in [0.15, 0.2) is 71.1 Å². The van der Waals surface area contributed by atoms with Gasteiger partial charge in [-0.3, -0.25) is 0 Å². The summed E-state index contributed by atoms with van der Waals surface area (Å²) in [7, 11) is 1.54. The first kappa shape index (κ1) is 27.7. The highest BCUT2D eigenvalue weighted by Gasteiger charge is 2.22. The second-order valence-corrected chi connectivity index (χ2v) is 8.22. The summed E-state index contributed by atoms with van der Waals surface area (Å²) in [4.78, 5) is 0. The summed E-state index contributed by atoms with van der Waals surface area (Å²) in [6.45, 7) is 0. The Balaban J connectivity index is 0.000000695. The molecule has 0 aliphatic rings. The zero-order valence-electron chi connectivity index (χ0n) is 20.6. The minimum Gasteiger partial charge on any atom is -0.493 e. The van der Waals surface area contributed by atoms with Crippen LogP contribution in [0.5, 0.6) is 23.0 Å². The topological polar surface area (TPSA) is 140 Å². The van der Waals surface area contributed by atoms with Gasteiger partial charge in [-0.15, -0.1) is 10.2 Å². The molecule has 0 N–H and O–H groups in total. The van der Waals surface area contributed by atoms with E-state index in [0.29, 0.717) is 34.5 Å². The number of halogens is 1. The molecule has 4 aromatic rings. The minimum absolute atomic E-state index is 0.633. The smallest absolute Gasteiger partial charge is 0.361 e. The molecule has 4 rings (SSSR count). The number of rotatable bonds is 7. The zero-order chi connectivity index (χ0) is 27.0. The largest absolute Gasteiger partial charge is 0.493 e. The summed E-state index contributed by atoms with van der Waals surface area (Å²) in [5.74, 6) is 3.99. The summed E-state index contributed by atoms with van der Waals surface area (Å²) in [5, 5.41) is 1.88. The number of hydrogen-bond acceptors (Lipinski definition) is 8. The Morgan fingerprint density at radius 3 is 1.81 bits per heavy atom. The van der Waals surface area contributed by atoms with Crippen molar-refractivity contribution in [3.8, 4) is 34.3 Å². The SMILES string of the molecule is COc1ccc(-c2cc3cc(OC)c(OC)cc3c(/C=C/c3ccccc3)[o+]2)cc1OC.[O-][Cl+3]([O-])([O-])[O-]. The molecule has 0 atom stereocenters. The van der Waals surface area contributed by atoms with Gasteiger partial charge >= 0.3 is 11.5 Å². The molecule has 10 heteroatoms. The maximum Gasteiger partial charge on any atom is 0.361 e. The third kappa shape index (κ3) is 7.56. The van der Waals surface area contributed by atoms with Gasteiger partial charge in [0.25, 0.3) is 0 Å². The van der Waals surface area contributed by atoms with Crippen LogP contribution in [0.1, 0.15) is 11.3 Å². The van der Waals surface area contributed by atoms with Crippen LogP contribution < -0.4 is 37.6 Å². The first-order valence-corrected chi connectivity index (χ1v) is 12.0. The van der Waals surface area contributed by atoms with Crippen LogP contribution in [0.2, 0.25) is 0 Å². The maximum absolute atomic E-state index is 8.49. The van der Waals surface area contributed by atoms with Crippen molar-refractivity contribution in [1.29, 1.82) is 0 Å². The average molecular weight is 529 g/mol. The number of fused-ring (bicyclic) bond motifs is 1. The van der Waals surface area contributed by atoms with Crippen LogP contribution >= 0.6 is 0 Å². The van der Waals surface area contributed by atoms with Crippen LogP contribution in [0, 0.1) is 10.2 Å². The van der Waals surface area contributed by atoms with Crippen LogP contribution in [0.4, 0.5) is 0 Å². The number of ether oxygens (including phenoxy) is 4. The van der Waals surface area contributed by atoms with Crippen molar-refractivity contribution in [2.75, 3.05) is 28.4 Å². The Hall–Kier alpha value is -3.86. The van der Waals surface area contributed by atoms with Crippen molar-refractivity contribution >= 4 is 22.9 Å². The quantitative estimate of drug-likeness (QED) is 0.328. The van der Waals surface area contributed by atoms with Gasteiger partial charge in [-0.1, -0.05) is 30.3 Å². The average Bonchev–Trinajstić information content (AvgIpc) is 2.89. The third-order valence-corrected chi connectivity index (χ3v) is 5.22. The molecule has 3 aromatic carbocycles. The zero-order valence-corrected chi connectivity index (χ0v) is 21.3. The van der Waals surface area contributed by atoms with Gasteiger partial charge in [0.1, 0.15) is 0 Å². The number of hydrogen-bond donors (Lipinski definition) is 0. The van der Waals surface area contributed by atoms with Crippen molar-refractivity contribution in [3.05, 3.63) is 78.1 Å². The van der Waals surface area contributed by atoms with Gasteiger partial charge in [-0.2, -0.15) is 0 Å². The second kappa shape index (κ2) is 12.4. The Labute approximate surface area is 216 Å². The predicted octanol–water partition coefficient (Wildman–Crippen LogP) is 1.83. The van der Waals surface area contributed by atoms with Crippen molar-refractivity contribution in [3.63, 3.8) is 0 Å². The van der Waals surface area contributed by atoms with Crippen molar-refractivity contribution in [2.24, 2.45) is 0 Å². The highest BCUT2D eigenvalue weighted by Crippen LogP contribution is 2.38. The fourth-order valence-electron chi connectivity index (χ4n) is 3.56. The standard InChI is InChI=1S/C27H25O5.ClHO4/c1-28-23-13-11-19(14-25(23)29-2)24-15-20-16-26(30-3)27(31-4)17-21(20)22(32-24)12-10-18-8-6-5-7-9-18;2-1(3,4)5/h5-17H,1-4H3;(H,2,3,4,5)/q+1;/p-1/b12-10+;. The molecule has 0 aliphatic carbocycles. The molecule has 37 heavy (non-hydrogen) atoms. The Bertz CT molecular complexity index is 1360. The highest BCUT2D eigenvalue weighted by molar-refractivity contribution is 5.94. The lowest BCUT2D eigenvalue weighted by atomic mass is 10.0. The van der Waals surface area contributed by atoms with E-state index in [9.17, 15) is 0 Å². The van der Waals surface area contributed by atoms with Crippen molar-refractivity contribution in [1.82, 2.24) is 0 Å². The van der Waals surface area contributed by atoms with Crippen LogP contribution in [-0.2, 0) is 0 Å². The van der Waals surface area contributed by atoms with E-state index in [-0.39, 0.29) is 0 Å². The summed E-state index contributed by atoms with van der Waals surface area (Å²) >= 11 is 0. The normalized spacial score (nSPS) is 11.1. The Morgan fingerprint density at radius 1 is 0.649 bits per heavy atom. The van der Waals surface area contributed by atoms with E-state index in [1.54, 1.807) is 28.4 Å². The molecule has 1 aromatic heterocycles. The van der Waals surface area contributed by atoms with E-state index in [4.69, 9.17) is 42.0 Å². The minimum atomic E-state index is -4.94. The molecule has 0 spiro atoms. The summed E-state index contributed by atoms with van der Waals surface area (Å²) in [6.07, 6.45) is 3.99. The van der Waals surface area contributed by atoms with Crippen molar-refractivity contribution in [2.45, 2.75) is 0 Å². The van der Waals surface area contributed by atoms with Gasteiger partial charge in [0.15, 0.2) is 23.0 Å². The first-order chi connectivity index (χ1) is 17.7. The molecule has 1 heterocycles. The fourth-order valence-corrected chi connectivity index (χ4v) is 3.56. The highest BCUT2D eigenvalue weighted by atomic mass is 35.7. The Morgan fingerprint density at radius 2 is 1.22 bits per heavy atom. The van der Waals surface area contributed by atoms with E-state index in [1.807, 2.05) is 78.9 Å². The lowest BCUT2D eigenvalue weighted by Crippen LogP contribution is -2.68. The molecule has 0 unspecified atom stereocenters. The molecular weight excluding hydrogens is 504 g/mol. The number of benzene rings is 3. The molecule has 0 saturated heterocycles. The molecule has 0 fully saturated rings. The second-order valence-electron chi connectivity index (χ2n) is 7.46. The van der Waals surface area contributed by atoms with E-state index in [0.717, 1.165) is 21.9 Å².